The number of imidazole rings is 1. The molecule has 0 amide bonds. The lowest BCUT2D eigenvalue weighted by Gasteiger charge is -2.08. The summed E-state index contributed by atoms with van der Waals surface area (Å²) in [6.07, 6.45) is 1.93. The zero-order chi connectivity index (χ0) is 20.9. The van der Waals surface area contributed by atoms with Gasteiger partial charge >= 0.3 is 5.51 Å². The molecule has 3 heterocycles. The zero-order valence-electron chi connectivity index (χ0n) is 14.5. The van der Waals surface area contributed by atoms with E-state index < -0.39 is 30.1 Å². The van der Waals surface area contributed by atoms with E-state index in [1.807, 2.05) is 0 Å². The number of halogens is 3. The van der Waals surface area contributed by atoms with Gasteiger partial charge in [0, 0.05) is 19.4 Å². The van der Waals surface area contributed by atoms with Crippen molar-refractivity contribution in [3.8, 4) is 11.5 Å². The summed E-state index contributed by atoms with van der Waals surface area (Å²) in [5, 5.41) is 0. The van der Waals surface area contributed by atoms with Crippen LogP contribution in [-0.4, -0.2) is 47.6 Å². The number of hydrogen-bond donors (Lipinski definition) is 0. The number of sulfone groups is 2. The Bertz CT molecular complexity index is 1280. The Kier molecular flexibility index (Phi) is 4.70. The maximum atomic E-state index is 12.8. The second-order valence-electron chi connectivity index (χ2n) is 5.71. The van der Waals surface area contributed by atoms with Crippen LogP contribution in [0.2, 0.25) is 0 Å². The molecule has 0 spiro atoms. The maximum absolute atomic E-state index is 12.8. The molecule has 0 fully saturated rings. The molecule has 3 aromatic heterocycles. The molecule has 0 aromatic carbocycles. The van der Waals surface area contributed by atoms with Gasteiger partial charge in [-0.3, -0.25) is 4.98 Å². The molecule has 3 aromatic rings. The number of nitrogens with zero attached hydrogens (tertiary/aromatic N) is 4. The molecule has 0 radical (unpaired) electrons. The summed E-state index contributed by atoms with van der Waals surface area (Å²) >= 11 is 0. The van der Waals surface area contributed by atoms with Crippen LogP contribution in [0.3, 0.4) is 0 Å². The summed E-state index contributed by atoms with van der Waals surface area (Å²) in [5.74, 6) is -0.168. The molecule has 150 valence electrons. The summed E-state index contributed by atoms with van der Waals surface area (Å²) in [6, 6.07) is 3.51. The average Bonchev–Trinajstić information content (AvgIpc) is 2.97. The Morgan fingerprint density at radius 3 is 2.43 bits per heavy atom. The number of aromatic nitrogens is 4. The number of fused-ring (bicyclic) bond motifs is 1. The van der Waals surface area contributed by atoms with E-state index in [-0.39, 0.29) is 33.3 Å². The van der Waals surface area contributed by atoms with Crippen LogP contribution in [0.1, 0.15) is 6.92 Å². The average molecular weight is 434 g/mol. The highest BCUT2D eigenvalue weighted by molar-refractivity contribution is 7.92. The molecule has 0 saturated heterocycles. The normalized spacial score (nSPS) is 13.2. The van der Waals surface area contributed by atoms with Crippen LogP contribution in [0.4, 0.5) is 13.2 Å². The van der Waals surface area contributed by atoms with Crippen molar-refractivity contribution in [1.29, 1.82) is 0 Å². The van der Waals surface area contributed by atoms with Crippen molar-refractivity contribution in [3.05, 3.63) is 30.6 Å². The highest BCUT2D eigenvalue weighted by Crippen LogP contribution is 2.32. The van der Waals surface area contributed by atoms with Crippen LogP contribution in [-0.2, 0) is 26.7 Å². The summed E-state index contributed by atoms with van der Waals surface area (Å²) in [6.45, 7) is 1.46. The van der Waals surface area contributed by atoms with E-state index in [4.69, 9.17) is 0 Å². The molecule has 0 N–H and O–H groups in total. The molecular formula is C15H13F3N4O4S2. The van der Waals surface area contributed by atoms with Crippen LogP contribution in [0.25, 0.3) is 22.7 Å². The molecule has 28 heavy (non-hydrogen) atoms. The van der Waals surface area contributed by atoms with Crippen molar-refractivity contribution in [3.63, 3.8) is 0 Å². The molecule has 3 rings (SSSR count). The largest absolute Gasteiger partial charge is 0.501 e. The lowest BCUT2D eigenvalue weighted by atomic mass is 10.3. The highest BCUT2D eigenvalue weighted by atomic mass is 32.2. The first-order valence-corrected chi connectivity index (χ1v) is 10.9. The van der Waals surface area contributed by atoms with E-state index >= 15 is 0 Å². The van der Waals surface area contributed by atoms with E-state index in [9.17, 15) is 30.0 Å². The first-order chi connectivity index (χ1) is 12.9. The third-order valence-corrected chi connectivity index (χ3v) is 7.21. The Balaban J connectivity index is 2.26. The van der Waals surface area contributed by atoms with E-state index in [2.05, 4.69) is 15.0 Å². The van der Waals surface area contributed by atoms with E-state index in [0.717, 1.165) is 6.07 Å². The topological polar surface area (TPSA) is 112 Å². The lowest BCUT2D eigenvalue weighted by Crippen LogP contribution is -2.23. The number of hydrogen-bond acceptors (Lipinski definition) is 7. The van der Waals surface area contributed by atoms with Crippen molar-refractivity contribution < 1.29 is 30.0 Å². The molecule has 0 aliphatic rings. The minimum absolute atomic E-state index is 0.00919. The fraction of sp³-hybridized carbons (Fsp3) is 0.267. The Labute approximate surface area is 157 Å². The molecule has 0 aliphatic heterocycles. The van der Waals surface area contributed by atoms with Gasteiger partial charge in [0.05, 0.1) is 15.5 Å². The number of rotatable bonds is 4. The summed E-state index contributed by atoms with van der Waals surface area (Å²) in [5.41, 5.74) is -5.57. The minimum Gasteiger partial charge on any atom is -0.310 e. The Hall–Kier alpha value is -2.54. The third-order valence-electron chi connectivity index (χ3n) is 4.00. The molecule has 0 bridgehead atoms. The molecule has 0 aliphatic carbocycles. The SMILES string of the molecule is CCS(=O)(=O)c1cccnc1-c1nc2cc(S(=O)(=O)C(F)(F)F)cnc2n1C. The second-order valence-corrected chi connectivity index (χ2v) is 9.90. The molecule has 0 atom stereocenters. The number of alkyl halides is 3. The summed E-state index contributed by atoms with van der Waals surface area (Å²) in [7, 11) is -7.79. The quantitative estimate of drug-likeness (QED) is 0.618. The zero-order valence-corrected chi connectivity index (χ0v) is 16.1. The van der Waals surface area contributed by atoms with Gasteiger partial charge in [0.25, 0.3) is 9.84 Å². The molecule has 13 heteroatoms. The van der Waals surface area contributed by atoms with Gasteiger partial charge in [-0.25, -0.2) is 26.8 Å². The van der Waals surface area contributed by atoms with Crippen molar-refractivity contribution in [2.24, 2.45) is 7.05 Å². The first-order valence-electron chi connectivity index (χ1n) is 7.72. The van der Waals surface area contributed by atoms with Gasteiger partial charge in [-0.1, -0.05) is 6.92 Å². The van der Waals surface area contributed by atoms with Crippen LogP contribution in [0.15, 0.2) is 40.4 Å². The van der Waals surface area contributed by atoms with E-state index in [1.54, 1.807) is 0 Å². The smallest absolute Gasteiger partial charge is 0.310 e. The maximum Gasteiger partial charge on any atom is 0.501 e. The Morgan fingerprint density at radius 1 is 1.14 bits per heavy atom. The molecule has 0 unspecified atom stereocenters. The van der Waals surface area contributed by atoms with Gasteiger partial charge < -0.3 is 4.57 Å². The Morgan fingerprint density at radius 2 is 1.82 bits per heavy atom. The van der Waals surface area contributed by atoms with Gasteiger partial charge in [-0.2, -0.15) is 13.2 Å². The van der Waals surface area contributed by atoms with Crippen LogP contribution in [0.5, 0.6) is 0 Å². The predicted octanol–water partition coefficient (Wildman–Crippen LogP) is 2.12. The standard InChI is InChI=1S/C15H13F3N4O4S2/c1-3-27(23,24)11-5-4-6-19-12(11)14-21-10-7-9(8-20-13(10)22(14)2)28(25,26)15(16,17)18/h4-8H,3H2,1-2H3. The lowest BCUT2D eigenvalue weighted by molar-refractivity contribution is -0.0436. The van der Waals surface area contributed by atoms with Gasteiger partial charge in [0.15, 0.2) is 21.3 Å². The second kappa shape index (κ2) is 6.51. The van der Waals surface area contributed by atoms with Crippen LogP contribution >= 0.6 is 0 Å². The molecule has 0 saturated carbocycles. The van der Waals surface area contributed by atoms with Gasteiger partial charge in [-0.05, 0) is 18.2 Å². The van der Waals surface area contributed by atoms with Gasteiger partial charge in [0.1, 0.15) is 11.2 Å². The fourth-order valence-electron chi connectivity index (χ4n) is 2.51. The number of pyridine rings is 2. The van der Waals surface area contributed by atoms with Gasteiger partial charge in [-0.15, -0.1) is 0 Å². The fourth-order valence-corrected chi connectivity index (χ4v) is 4.28. The number of aryl methyl sites for hydroxylation is 1. The summed E-state index contributed by atoms with van der Waals surface area (Å²) in [4.78, 5) is 10.7. The van der Waals surface area contributed by atoms with Crippen molar-refractivity contribution >= 4 is 30.8 Å². The minimum atomic E-state index is -5.59. The van der Waals surface area contributed by atoms with Crippen molar-refractivity contribution in [2.45, 2.75) is 22.2 Å². The van der Waals surface area contributed by atoms with E-state index in [1.165, 1.54) is 36.9 Å². The van der Waals surface area contributed by atoms with E-state index in [0.29, 0.717) is 6.20 Å². The van der Waals surface area contributed by atoms with Crippen molar-refractivity contribution in [1.82, 2.24) is 19.5 Å². The first kappa shape index (κ1) is 20.2. The monoisotopic (exact) mass is 434 g/mol. The molecular weight excluding hydrogens is 421 g/mol. The van der Waals surface area contributed by atoms with Crippen LogP contribution in [0, 0.1) is 0 Å². The third kappa shape index (κ3) is 3.13. The van der Waals surface area contributed by atoms with Crippen molar-refractivity contribution in [2.75, 3.05) is 5.75 Å². The van der Waals surface area contributed by atoms with Gasteiger partial charge in [0.2, 0.25) is 0 Å². The highest BCUT2D eigenvalue weighted by Gasteiger charge is 2.47. The summed E-state index contributed by atoms with van der Waals surface area (Å²) < 4.78 is 87.5. The van der Waals surface area contributed by atoms with Crippen LogP contribution < -0.4 is 0 Å². The predicted molar refractivity (Wildman–Crippen MR) is 92.7 cm³/mol. The molecule has 8 nitrogen and oxygen atoms in total.